The number of nitrogens with one attached hydrogen (secondary N) is 1. The van der Waals surface area contributed by atoms with Crippen LogP contribution in [-0.2, 0) is 6.54 Å². The largest absolute Gasteiger partial charge is 0.337 e. The van der Waals surface area contributed by atoms with Crippen LogP contribution in [0.2, 0.25) is 0 Å². The number of hydrogen-bond acceptors (Lipinski definition) is 4. The molecule has 0 saturated carbocycles. The van der Waals surface area contributed by atoms with E-state index in [0.717, 1.165) is 21.6 Å². The Kier molecular flexibility index (Phi) is 2.79. The van der Waals surface area contributed by atoms with Crippen LogP contribution in [0.1, 0.15) is 10.7 Å². The number of benzene rings is 1. The summed E-state index contributed by atoms with van der Waals surface area (Å²) < 4.78 is 26.7. The molecular formula is C12H10F2N4S. The minimum absolute atomic E-state index is 0.124. The van der Waals surface area contributed by atoms with Gasteiger partial charge in [-0.3, -0.25) is 0 Å². The number of nitrogens with zero attached hydrogens (tertiary/aromatic N) is 2. The molecule has 0 aliphatic carbocycles. The van der Waals surface area contributed by atoms with Crippen molar-refractivity contribution in [3.63, 3.8) is 0 Å². The van der Waals surface area contributed by atoms with Crippen molar-refractivity contribution < 1.29 is 8.78 Å². The van der Waals surface area contributed by atoms with E-state index in [9.17, 15) is 8.78 Å². The molecule has 0 aliphatic rings. The number of halogens is 2. The molecule has 2 aromatic heterocycles. The molecule has 7 heteroatoms. The van der Waals surface area contributed by atoms with Gasteiger partial charge in [0.05, 0.1) is 16.1 Å². The second-order valence-electron chi connectivity index (χ2n) is 4.10. The van der Waals surface area contributed by atoms with Crippen molar-refractivity contribution in [3.8, 4) is 10.7 Å². The van der Waals surface area contributed by atoms with E-state index in [1.165, 1.54) is 17.4 Å². The maximum Gasteiger partial charge on any atom is 0.153 e. The summed E-state index contributed by atoms with van der Waals surface area (Å²) in [5.41, 5.74) is 6.76. The summed E-state index contributed by atoms with van der Waals surface area (Å²) in [5.74, 6) is -0.836. The second-order valence-corrected chi connectivity index (χ2v) is 5.18. The Balaban J connectivity index is 2.20. The van der Waals surface area contributed by atoms with Gasteiger partial charge in [0.25, 0.3) is 0 Å². The number of aromatic amines is 1. The molecular weight excluding hydrogens is 270 g/mol. The van der Waals surface area contributed by atoms with Crippen LogP contribution in [0, 0.1) is 18.6 Å². The molecule has 0 fully saturated rings. The first-order valence-corrected chi connectivity index (χ1v) is 6.41. The molecule has 0 radical (unpaired) electrons. The lowest BCUT2D eigenvalue weighted by Gasteiger charge is -1.90. The van der Waals surface area contributed by atoms with Crippen molar-refractivity contribution >= 4 is 22.4 Å². The number of imidazole rings is 1. The van der Waals surface area contributed by atoms with Gasteiger partial charge in [-0.25, -0.2) is 18.7 Å². The predicted octanol–water partition coefficient (Wildman–Crippen LogP) is 2.73. The average Bonchev–Trinajstić information content (AvgIpc) is 2.92. The molecule has 0 spiro atoms. The fourth-order valence-corrected chi connectivity index (χ4v) is 2.80. The van der Waals surface area contributed by atoms with E-state index in [1.807, 2.05) is 6.92 Å². The topological polar surface area (TPSA) is 67.6 Å². The van der Waals surface area contributed by atoms with Gasteiger partial charge in [-0.05, 0) is 13.0 Å². The molecule has 3 N–H and O–H groups in total. The lowest BCUT2D eigenvalue weighted by molar-refractivity contribution is 0.591. The summed E-state index contributed by atoms with van der Waals surface area (Å²) in [6, 6.07) is 2.03. The van der Waals surface area contributed by atoms with Crippen LogP contribution >= 0.6 is 11.3 Å². The van der Waals surface area contributed by atoms with E-state index >= 15 is 0 Å². The maximum atomic E-state index is 13.6. The SMILES string of the molecule is Cc1nc(CN)sc1-c1nc2c(F)cc(F)cc2[nH]1. The fraction of sp³-hybridized carbons (Fsp3) is 0.167. The Morgan fingerprint density at radius 1 is 1.32 bits per heavy atom. The van der Waals surface area contributed by atoms with Crippen molar-refractivity contribution in [2.24, 2.45) is 5.73 Å². The standard InChI is InChI=1S/C12H10F2N4S/c1-5-11(19-9(4-15)16-5)12-17-8-3-6(13)2-7(14)10(8)18-12/h2-3H,4,15H2,1H3,(H,17,18). The summed E-state index contributed by atoms with van der Waals surface area (Å²) >= 11 is 1.39. The Morgan fingerprint density at radius 2 is 2.11 bits per heavy atom. The number of hydrogen-bond donors (Lipinski definition) is 2. The molecule has 0 saturated heterocycles. The molecule has 2 heterocycles. The monoisotopic (exact) mass is 280 g/mol. The molecule has 3 rings (SSSR count). The molecule has 3 aromatic rings. The summed E-state index contributed by atoms with van der Waals surface area (Å²) in [7, 11) is 0. The fourth-order valence-electron chi connectivity index (χ4n) is 1.91. The van der Waals surface area contributed by atoms with Crippen molar-refractivity contribution in [2.75, 3.05) is 0 Å². The Bertz CT molecular complexity index is 763. The summed E-state index contributed by atoms with van der Waals surface area (Å²) in [5, 5.41) is 0.777. The number of H-pyrrole nitrogens is 1. The Labute approximate surface area is 111 Å². The van der Waals surface area contributed by atoms with Gasteiger partial charge < -0.3 is 10.7 Å². The summed E-state index contributed by atoms with van der Waals surface area (Å²) in [6.45, 7) is 2.17. The summed E-state index contributed by atoms with van der Waals surface area (Å²) in [4.78, 5) is 12.1. The first kappa shape index (κ1) is 12.2. The normalized spacial score (nSPS) is 11.4. The molecule has 4 nitrogen and oxygen atoms in total. The van der Waals surface area contributed by atoms with E-state index in [4.69, 9.17) is 5.73 Å². The molecule has 0 unspecified atom stereocenters. The summed E-state index contributed by atoms with van der Waals surface area (Å²) in [6.07, 6.45) is 0. The molecule has 98 valence electrons. The third-order valence-corrected chi connectivity index (χ3v) is 3.92. The van der Waals surface area contributed by atoms with Crippen LogP contribution in [-0.4, -0.2) is 15.0 Å². The third-order valence-electron chi connectivity index (χ3n) is 2.74. The quantitative estimate of drug-likeness (QED) is 0.758. The van der Waals surface area contributed by atoms with Crippen molar-refractivity contribution in [1.29, 1.82) is 0 Å². The highest BCUT2D eigenvalue weighted by molar-refractivity contribution is 7.15. The van der Waals surface area contributed by atoms with Crippen molar-refractivity contribution in [3.05, 3.63) is 34.5 Å². The molecule has 1 aromatic carbocycles. The average molecular weight is 280 g/mol. The van der Waals surface area contributed by atoms with Gasteiger partial charge >= 0.3 is 0 Å². The van der Waals surface area contributed by atoms with Gasteiger partial charge in [-0.2, -0.15) is 0 Å². The van der Waals surface area contributed by atoms with Crippen molar-refractivity contribution in [1.82, 2.24) is 15.0 Å². The zero-order valence-corrected chi connectivity index (χ0v) is 10.8. The number of fused-ring (bicyclic) bond motifs is 1. The number of aryl methyl sites for hydroxylation is 1. The highest BCUT2D eigenvalue weighted by Gasteiger charge is 2.15. The number of aromatic nitrogens is 3. The minimum Gasteiger partial charge on any atom is -0.337 e. The van der Waals surface area contributed by atoms with Crippen LogP contribution in [0.15, 0.2) is 12.1 Å². The zero-order chi connectivity index (χ0) is 13.6. The van der Waals surface area contributed by atoms with Crippen LogP contribution in [0.25, 0.3) is 21.7 Å². The van der Waals surface area contributed by atoms with Gasteiger partial charge in [0.2, 0.25) is 0 Å². The van der Waals surface area contributed by atoms with Gasteiger partial charge in [0.15, 0.2) is 11.6 Å². The highest BCUT2D eigenvalue weighted by Crippen LogP contribution is 2.30. The van der Waals surface area contributed by atoms with Gasteiger partial charge in [0.1, 0.15) is 16.3 Å². The van der Waals surface area contributed by atoms with Crippen LogP contribution in [0.4, 0.5) is 8.78 Å². The molecule has 0 amide bonds. The highest BCUT2D eigenvalue weighted by atomic mass is 32.1. The maximum absolute atomic E-state index is 13.6. The van der Waals surface area contributed by atoms with Crippen LogP contribution in [0.5, 0.6) is 0 Å². The van der Waals surface area contributed by atoms with E-state index < -0.39 is 11.6 Å². The zero-order valence-electron chi connectivity index (χ0n) is 10.00. The third kappa shape index (κ3) is 2.00. The smallest absolute Gasteiger partial charge is 0.153 e. The van der Waals surface area contributed by atoms with Gasteiger partial charge in [0, 0.05) is 12.6 Å². The van der Waals surface area contributed by atoms with E-state index in [2.05, 4.69) is 15.0 Å². The van der Waals surface area contributed by atoms with E-state index in [-0.39, 0.29) is 5.52 Å². The molecule has 19 heavy (non-hydrogen) atoms. The second kappa shape index (κ2) is 4.36. The van der Waals surface area contributed by atoms with Crippen molar-refractivity contribution in [2.45, 2.75) is 13.5 Å². The molecule has 0 bridgehead atoms. The lowest BCUT2D eigenvalue weighted by Crippen LogP contribution is -1.94. The van der Waals surface area contributed by atoms with Crippen LogP contribution < -0.4 is 5.73 Å². The molecule has 0 aliphatic heterocycles. The Morgan fingerprint density at radius 3 is 2.79 bits per heavy atom. The van der Waals surface area contributed by atoms with E-state index in [1.54, 1.807) is 0 Å². The number of thiazole rings is 1. The number of rotatable bonds is 2. The Hall–Kier alpha value is -1.86. The number of nitrogens with two attached hydrogens (primary N) is 1. The van der Waals surface area contributed by atoms with Gasteiger partial charge in [-0.15, -0.1) is 11.3 Å². The predicted molar refractivity (Wildman–Crippen MR) is 69.7 cm³/mol. The van der Waals surface area contributed by atoms with Gasteiger partial charge in [-0.1, -0.05) is 0 Å². The first-order chi connectivity index (χ1) is 9.08. The lowest BCUT2D eigenvalue weighted by atomic mass is 10.3. The minimum atomic E-state index is -0.682. The first-order valence-electron chi connectivity index (χ1n) is 5.60. The van der Waals surface area contributed by atoms with E-state index in [0.29, 0.717) is 17.9 Å². The van der Waals surface area contributed by atoms with Crippen LogP contribution in [0.3, 0.4) is 0 Å². The molecule has 0 atom stereocenters.